The number of fused-ring (bicyclic) bond motifs is 3. The van der Waals surface area contributed by atoms with Crippen LogP contribution in [0.5, 0.6) is 5.75 Å². The van der Waals surface area contributed by atoms with E-state index in [0.29, 0.717) is 17.7 Å². The van der Waals surface area contributed by atoms with Crippen LogP contribution in [0.2, 0.25) is 0 Å². The van der Waals surface area contributed by atoms with Crippen LogP contribution in [-0.2, 0) is 13.2 Å². The molecule has 0 saturated heterocycles. The summed E-state index contributed by atoms with van der Waals surface area (Å²) < 4.78 is 5.42. The first-order chi connectivity index (χ1) is 13.7. The molecule has 1 aliphatic carbocycles. The molecule has 0 unspecified atom stereocenters. The minimum absolute atomic E-state index is 0.0466. The number of rotatable bonds is 5. The smallest absolute Gasteiger partial charge is 0.410 e. The molecule has 0 aliphatic heterocycles. The molecule has 4 rings (SSSR count). The van der Waals surface area contributed by atoms with Crippen LogP contribution in [-0.4, -0.2) is 22.9 Å². The van der Waals surface area contributed by atoms with Crippen molar-refractivity contribution in [3.05, 3.63) is 89.0 Å². The van der Waals surface area contributed by atoms with Crippen molar-refractivity contribution in [1.29, 1.82) is 0 Å². The lowest BCUT2D eigenvalue weighted by atomic mass is 9.97. The van der Waals surface area contributed by atoms with Crippen molar-refractivity contribution in [2.24, 2.45) is 0 Å². The third-order valence-electron chi connectivity index (χ3n) is 5.13. The van der Waals surface area contributed by atoms with E-state index in [9.17, 15) is 15.0 Å². The number of ether oxygens (including phenoxy) is 1. The van der Waals surface area contributed by atoms with E-state index in [1.165, 1.54) is 22.3 Å². The summed E-state index contributed by atoms with van der Waals surface area (Å²) in [7, 11) is 0. The minimum atomic E-state index is -0.613. The molecule has 0 saturated carbocycles. The number of aliphatic hydroxyl groups is 2. The van der Waals surface area contributed by atoms with Crippen LogP contribution in [0, 0.1) is 0 Å². The van der Waals surface area contributed by atoms with E-state index in [1.807, 2.05) is 24.3 Å². The van der Waals surface area contributed by atoms with E-state index in [4.69, 9.17) is 4.74 Å². The number of hydrogen-bond donors (Lipinski definition) is 3. The van der Waals surface area contributed by atoms with E-state index in [2.05, 4.69) is 29.6 Å². The van der Waals surface area contributed by atoms with Gasteiger partial charge in [0.2, 0.25) is 0 Å². The van der Waals surface area contributed by atoms with Gasteiger partial charge >= 0.3 is 6.09 Å². The summed E-state index contributed by atoms with van der Waals surface area (Å²) in [6, 6.07) is 21.4. The van der Waals surface area contributed by atoms with Crippen LogP contribution in [0.3, 0.4) is 0 Å². The fourth-order valence-electron chi connectivity index (χ4n) is 3.81. The van der Waals surface area contributed by atoms with E-state index in [0.717, 1.165) is 0 Å². The lowest BCUT2D eigenvalue weighted by Crippen LogP contribution is -2.31. The lowest BCUT2D eigenvalue weighted by Gasteiger charge is -2.16. The molecule has 0 heterocycles. The average molecular weight is 375 g/mol. The summed E-state index contributed by atoms with van der Waals surface area (Å²) in [6.45, 7) is -0.164. The van der Waals surface area contributed by atoms with Gasteiger partial charge in [-0.1, -0.05) is 66.7 Å². The second-order valence-electron chi connectivity index (χ2n) is 6.72. The van der Waals surface area contributed by atoms with Gasteiger partial charge < -0.3 is 20.3 Å². The summed E-state index contributed by atoms with van der Waals surface area (Å²) in [4.78, 5) is 12.4. The molecule has 28 heavy (non-hydrogen) atoms. The van der Waals surface area contributed by atoms with Gasteiger partial charge in [0.1, 0.15) is 5.75 Å². The summed E-state index contributed by atoms with van der Waals surface area (Å²) in [5.41, 5.74) is 5.64. The van der Waals surface area contributed by atoms with Crippen LogP contribution < -0.4 is 10.1 Å². The molecule has 0 radical (unpaired) electrons. The van der Waals surface area contributed by atoms with Gasteiger partial charge in [0.05, 0.1) is 13.2 Å². The van der Waals surface area contributed by atoms with E-state index in [1.54, 1.807) is 18.2 Å². The second-order valence-corrected chi connectivity index (χ2v) is 6.72. The van der Waals surface area contributed by atoms with Gasteiger partial charge in [0, 0.05) is 23.6 Å². The van der Waals surface area contributed by atoms with Crippen molar-refractivity contribution < 1.29 is 19.7 Å². The quantitative estimate of drug-likeness (QED) is 0.637. The van der Waals surface area contributed by atoms with Gasteiger partial charge in [0.25, 0.3) is 0 Å². The number of amides is 1. The Bertz CT molecular complexity index is 947. The van der Waals surface area contributed by atoms with E-state index in [-0.39, 0.29) is 24.9 Å². The molecule has 0 fully saturated rings. The SMILES string of the molecule is O=C(NCC1c2ccccc2-c2ccccc21)Oc1c(CO)cccc1CO. The van der Waals surface area contributed by atoms with Crippen molar-refractivity contribution in [3.63, 3.8) is 0 Å². The van der Waals surface area contributed by atoms with Crippen LogP contribution in [0.1, 0.15) is 28.2 Å². The van der Waals surface area contributed by atoms with Crippen LogP contribution in [0.4, 0.5) is 4.79 Å². The molecule has 0 spiro atoms. The summed E-state index contributed by atoms with van der Waals surface area (Å²) in [5.74, 6) is 0.252. The Morgan fingerprint density at radius 1 is 0.821 bits per heavy atom. The maximum absolute atomic E-state index is 12.4. The maximum atomic E-state index is 12.4. The highest BCUT2D eigenvalue weighted by molar-refractivity contribution is 5.79. The number of nitrogens with one attached hydrogen (secondary N) is 1. The molecule has 5 nitrogen and oxygen atoms in total. The summed E-state index contributed by atoms with van der Waals surface area (Å²) >= 11 is 0. The molecule has 3 aromatic carbocycles. The normalized spacial score (nSPS) is 12.4. The Hall–Kier alpha value is -3.15. The number of carbonyl (C=O) groups excluding carboxylic acids is 1. The van der Waals surface area contributed by atoms with Gasteiger partial charge in [-0.15, -0.1) is 0 Å². The van der Waals surface area contributed by atoms with Gasteiger partial charge in [-0.2, -0.15) is 0 Å². The largest absolute Gasteiger partial charge is 0.412 e. The Balaban J connectivity index is 1.52. The summed E-state index contributed by atoms with van der Waals surface area (Å²) in [6.07, 6.45) is -0.613. The molecule has 1 aliphatic rings. The number of aliphatic hydroxyl groups excluding tert-OH is 2. The third-order valence-corrected chi connectivity index (χ3v) is 5.13. The minimum Gasteiger partial charge on any atom is -0.410 e. The standard InChI is InChI=1S/C23H21NO4/c25-13-15-6-5-7-16(14-26)22(15)28-23(27)24-12-21-19-10-3-1-8-17(19)18-9-2-4-11-20(18)21/h1-11,21,25-26H,12-14H2,(H,24,27). The second kappa shape index (κ2) is 7.84. The Labute approximate surface area is 163 Å². The van der Waals surface area contributed by atoms with E-state index >= 15 is 0 Å². The molecule has 0 atom stereocenters. The number of carbonyl (C=O) groups is 1. The maximum Gasteiger partial charge on any atom is 0.412 e. The first-order valence-electron chi connectivity index (χ1n) is 9.19. The van der Waals surface area contributed by atoms with Gasteiger partial charge in [0.15, 0.2) is 0 Å². The van der Waals surface area contributed by atoms with E-state index < -0.39 is 6.09 Å². The summed E-state index contributed by atoms with van der Waals surface area (Å²) in [5, 5.41) is 21.8. The highest BCUT2D eigenvalue weighted by atomic mass is 16.6. The molecule has 0 bridgehead atoms. The molecule has 142 valence electrons. The zero-order valence-corrected chi connectivity index (χ0v) is 15.3. The van der Waals surface area contributed by atoms with Gasteiger partial charge in [-0.05, 0) is 22.3 Å². The van der Waals surface area contributed by atoms with Crippen LogP contribution in [0.25, 0.3) is 11.1 Å². The average Bonchev–Trinajstić information content (AvgIpc) is 3.06. The van der Waals surface area contributed by atoms with Crippen molar-refractivity contribution in [2.75, 3.05) is 6.54 Å². The lowest BCUT2D eigenvalue weighted by molar-refractivity contribution is 0.195. The molecular formula is C23H21NO4. The Kier molecular flexibility index (Phi) is 5.10. The van der Waals surface area contributed by atoms with Crippen LogP contribution >= 0.6 is 0 Å². The highest BCUT2D eigenvalue weighted by Gasteiger charge is 2.28. The van der Waals surface area contributed by atoms with Gasteiger partial charge in [-0.3, -0.25) is 0 Å². The zero-order valence-electron chi connectivity index (χ0n) is 15.3. The molecular weight excluding hydrogens is 354 g/mol. The van der Waals surface area contributed by atoms with Gasteiger partial charge in [-0.25, -0.2) is 4.79 Å². The predicted molar refractivity (Wildman–Crippen MR) is 106 cm³/mol. The number of benzene rings is 3. The Morgan fingerprint density at radius 3 is 1.89 bits per heavy atom. The van der Waals surface area contributed by atoms with Crippen LogP contribution in [0.15, 0.2) is 66.7 Å². The molecule has 5 heteroatoms. The zero-order chi connectivity index (χ0) is 19.5. The Morgan fingerprint density at radius 2 is 1.36 bits per heavy atom. The molecule has 3 aromatic rings. The topological polar surface area (TPSA) is 78.8 Å². The van der Waals surface area contributed by atoms with Crippen molar-refractivity contribution >= 4 is 6.09 Å². The first-order valence-corrected chi connectivity index (χ1v) is 9.19. The third kappa shape index (κ3) is 3.26. The first kappa shape index (κ1) is 18.2. The number of hydrogen-bond acceptors (Lipinski definition) is 4. The molecule has 3 N–H and O–H groups in total. The monoisotopic (exact) mass is 375 g/mol. The van der Waals surface area contributed by atoms with Crippen molar-refractivity contribution in [2.45, 2.75) is 19.1 Å². The highest BCUT2D eigenvalue weighted by Crippen LogP contribution is 2.44. The number of para-hydroxylation sites is 1. The fraction of sp³-hybridized carbons (Fsp3) is 0.174. The van der Waals surface area contributed by atoms with Crippen molar-refractivity contribution in [1.82, 2.24) is 5.32 Å². The molecule has 0 aromatic heterocycles. The molecule has 1 amide bonds. The van der Waals surface area contributed by atoms with Crippen molar-refractivity contribution in [3.8, 4) is 16.9 Å². The fourth-order valence-corrected chi connectivity index (χ4v) is 3.81. The predicted octanol–water partition coefficient (Wildman–Crippen LogP) is 3.57.